The van der Waals surface area contributed by atoms with Crippen molar-refractivity contribution in [3.05, 3.63) is 36.5 Å². The number of unbranched alkanes of at least 4 members (excludes halogenated alkanes) is 1. The van der Waals surface area contributed by atoms with Crippen molar-refractivity contribution in [1.29, 1.82) is 0 Å². The van der Waals surface area contributed by atoms with Gasteiger partial charge >= 0.3 is 5.97 Å². The lowest BCUT2D eigenvalue weighted by Crippen LogP contribution is -1.84. The standard InChI is InChI=1S/C10H14O2/c1-2-3-4-5-6-7-8-9-10(11)12/h2-3,6-9H,4-5H2,1H3,(H,11,12). The van der Waals surface area contributed by atoms with Gasteiger partial charge in [-0.2, -0.15) is 0 Å². The van der Waals surface area contributed by atoms with E-state index in [1.54, 1.807) is 6.08 Å². The molecule has 0 aromatic rings. The predicted octanol–water partition coefficient (Wildman–Crippen LogP) is 2.54. The van der Waals surface area contributed by atoms with Gasteiger partial charge in [0, 0.05) is 6.08 Å². The molecule has 0 bridgehead atoms. The Balaban J connectivity index is 3.43. The second kappa shape index (κ2) is 7.79. The van der Waals surface area contributed by atoms with Gasteiger partial charge in [0.15, 0.2) is 0 Å². The van der Waals surface area contributed by atoms with Crippen molar-refractivity contribution in [2.75, 3.05) is 0 Å². The highest BCUT2D eigenvalue weighted by molar-refractivity contribution is 5.80. The van der Waals surface area contributed by atoms with Crippen LogP contribution < -0.4 is 0 Å². The Morgan fingerprint density at radius 1 is 1.25 bits per heavy atom. The second-order valence-electron chi connectivity index (χ2n) is 2.27. The third kappa shape index (κ3) is 8.69. The van der Waals surface area contributed by atoms with Crippen molar-refractivity contribution in [2.45, 2.75) is 19.8 Å². The highest BCUT2D eigenvalue weighted by Crippen LogP contribution is 1.92. The van der Waals surface area contributed by atoms with Crippen LogP contribution in [0.1, 0.15) is 19.8 Å². The minimum Gasteiger partial charge on any atom is -0.478 e. The Morgan fingerprint density at radius 2 is 1.92 bits per heavy atom. The molecule has 2 heteroatoms. The number of hydrogen-bond acceptors (Lipinski definition) is 1. The summed E-state index contributed by atoms with van der Waals surface area (Å²) in [6.07, 6.45) is 12.4. The fraction of sp³-hybridized carbons (Fsp3) is 0.300. The van der Waals surface area contributed by atoms with E-state index in [4.69, 9.17) is 5.11 Å². The highest BCUT2D eigenvalue weighted by atomic mass is 16.4. The SMILES string of the molecule is CC=CCCC=CC=CC(=O)O. The van der Waals surface area contributed by atoms with Crippen LogP contribution in [0, 0.1) is 0 Å². The van der Waals surface area contributed by atoms with Crippen LogP contribution in [0.5, 0.6) is 0 Å². The quantitative estimate of drug-likeness (QED) is 0.295. The number of allylic oxidation sites excluding steroid dienone is 5. The number of rotatable bonds is 5. The van der Waals surface area contributed by atoms with E-state index >= 15 is 0 Å². The zero-order chi connectivity index (χ0) is 9.23. The van der Waals surface area contributed by atoms with Gasteiger partial charge < -0.3 is 5.11 Å². The second-order valence-corrected chi connectivity index (χ2v) is 2.27. The van der Waals surface area contributed by atoms with Gasteiger partial charge in [0.1, 0.15) is 0 Å². The number of carbonyl (C=O) groups is 1. The maximum absolute atomic E-state index is 10.0. The lowest BCUT2D eigenvalue weighted by molar-refractivity contribution is -0.131. The summed E-state index contributed by atoms with van der Waals surface area (Å²) < 4.78 is 0. The molecule has 66 valence electrons. The van der Waals surface area contributed by atoms with Crippen molar-refractivity contribution < 1.29 is 9.90 Å². The third-order valence-electron chi connectivity index (χ3n) is 1.22. The van der Waals surface area contributed by atoms with Gasteiger partial charge in [0.2, 0.25) is 0 Å². The Morgan fingerprint density at radius 3 is 2.50 bits per heavy atom. The minimum absolute atomic E-state index is 0.909. The van der Waals surface area contributed by atoms with E-state index in [1.165, 1.54) is 6.08 Å². The first kappa shape index (κ1) is 10.7. The molecule has 0 unspecified atom stereocenters. The predicted molar refractivity (Wildman–Crippen MR) is 50.0 cm³/mol. The Labute approximate surface area is 72.9 Å². The molecule has 0 aliphatic heterocycles. The molecule has 0 aliphatic carbocycles. The Kier molecular flexibility index (Phi) is 6.94. The van der Waals surface area contributed by atoms with Crippen molar-refractivity contribution in [3.8, 4) is 0 Å². The van der Waals surface area contributed by atoms with Crippen molar-refractivity contribution in [1.82, 2.24) is 0 Å². The van der Waals surface area contributed by atoms with E-state index in [2.05, 4.69) is 6.08 Å². The molecule has 0 saturated heterocycles. The Bertz CT molecular complexity index is 200. The molecule has 0 aromatic carbocycles. The van der Waals surface area contributed by atoms with E-state index < -0.39 is 5.97 Å². The zero-order valence-electron chi connectivity index (χ0n) is 7.23. The van der Waals surface area contributed by atoms with E-state index in [9.17, 15) is 4.79 Å². The van der Waals surface area contributed by atoms with Gasteiger partial charge in [-0.15, -0.1) is 0 Å². The first-order valence-electron chi connectivity index (χ1n) is 3.94. The maximum atomic E-state index is 10.0. The van der Waals surface area contributed by atoms with Gasteiger partial charge in [-0.05, 0) is 19.8 Å². The van der Waals surface area contributed by atoms with E-state index in [-0.39, 0.29) is 0 Å². The van der Waals surface area contributed by atoms with Crippen LogP contribution in [0.3, 0.4) is 0 Å². The maximum Gasteiger partial charge on any atom is 0.328 e. The van der Waals surface area contributed by atoms with Gasteiger partial charge in [-0.25, -0.2) is 4.79 Å². The summed E-state index contributed by atoms with van der Waals surface area (Å²) in [6.45, 7) is 1.98. The van der Waals surface area contributed by atoms with E-state index in [0.29, 0.717) is 0 Å². The van der Waals surface area contributed by atoms with Crippen LogP contribution in [0.2, 0.25) is 0 Å². The molecule has 0 rings (SSSR count). The molecule has 0 radical (unpaired) electrons. The smallest absolute Gasteiger partial charge is 0.328 e. The summed E-state index contributed by atoms with van der Waals surface area (Å²) in [5, 5.41) is 8.22. The number of carboxylic acid groups (broad SMARTS) is 1. The molecule has 0 aliphatic rings. The molecule has 0 amide bonds. The van der Waals surface area contributed by atoms with Crippen molar-refractivity contribution in [3.63, 3.8) is 0 Å². The number of hydrogen-bond donors (Lipinski definition) is 1. The molecular formula is C10H14O2. The highest BCUT2D eigenvalue weighted by Gasteiger charge is 1.80. The summed E-state index contributed by atoms with van der Waals surface area (Å²) in [6, 6.07) is 0. The third-order valence-corrected chi connectivity index (χ3v) is 1.22. The fourth-order valence-electron chi connectivity index (χ4n) is 0.672. The molecule has 1 N–H and O–H groups in total. The number of aliphatic carboxylic acids is 1. The van der Waals surface area contributed by atoms with Gasteiger partial charge in [0.25, 0.3) is 0 Å². The molecule has 0 atom stereocenters. The lowest BCUT2D eigenvalue weighted by Gasteiger charge is -1.82. The van der Waals surface area contributed by atoms with Crippen molar-refractivity contribution >= 4 is 5.97 Å². The largest absolute Gasteiger partial charge is 0.478 e. The lowest BCUT2D eigenvalue weighted by atomic mass is 10.2. The summed E-state index contributed by atoms with van der Waals surface area (Å²) in [5.74, 6) is -0.909. The normalized spacial score (nSPS) is 12.1. The first-order valence-corrected chi connectivity index (χ1v) is 3.94. The van der Waals surface area contributed by atoms with Crippen LogP contribution in [-0.2, 0) is 4.79 Å². The van der Waals surface area contributed by atoms with Crippen LogP contribution in [0.15, 0.2) is 36.5 Å². The fourth-order valence-corrected chi connectivity index (χ4v) is 0.672. The summed E-state index contributed by atoms with van der Waals surface area (Å²) in [4.78, 5) is 10.0. The summed E-state index contributed by atoms with van der Waals surface area (Å²) in [5.41, 5.74) is 0. The number of carboxylic acids is 1. The molecule has 0 spiro atoms. The van der Waals surface area contributed by atoms with E-state index in [0.717, 1.165) is 18.9 Å². The zero-order valence-corrected chi connectivity index (χ0v) is 7.23. The summed E-state index contributed by atoms with van der Waals surface area (Å²) >= 11 is 0. The van der Waals surface area contributed by atoms with Crippen LogP contribution in [0.25, 0.3) is 0 Å². The topological polar surface area (TPSA) is 37.3 Å². The molecule has 2 nitrogen and oxygen atoms in total. The molecule has 0 aromatic heterocycles. The molecule has 0 heterocycles. The monoisotopic (exact) mass is 166 g/mol. The molecular weight excluding hydrogens is 152 g/mol. The van der Waals surface area contributed by atoms with Gasteiger partial charge in [-0.3, -0.25) is 0 Å². The van der Waals surface area contributed by atoms with Crippen LogP contribution in [0.4, 0.5) is 0 Å². The minimum atomic E-state index is -0.909. The molecule has 12 heavy (non-hydrogen) atoms. The average Bonchev–Trinajstić information content (AvgIpc) is 2.02. The first-order chi connectivity index (χ1) is 5.77. The molecule has 0 saturated carbocycles. The van der Waals surface area contributed by atoms with Crippen molar-refractivity contribution in [2.24, 2.45) is 0 Å². The van der Waals surface area contributed by atoms with Gasteiger partial charge in [0.05, 0.1) is 0 Å². The van der Waals surface area contributed by atoms with E-state index in [1.807, 2.05) is 19.1 Å². The van der Waals surface area contributed by atoms with Crippen LogP contribution >= 0.6 is 0 Å². The average molecular weight is 166 g/mol. The Hall–Kier alpha value is -1.31. The molecule has 0 fully saturated rings. The summed E-state index contributed by atoms with van der Waals surface area (Å²) in [7, 11) is 0. The van der Waals surface area contributed by atoms with Gasteiger partial charge in [-0.1, -0.05) is 30.4 Å². The van der Waals surface area contributed by atoms with Crippen LogP contribution in [-0.4, -0.2) is 11.1 Å².